The predicted octanol–water partition coefficient (Wildman–Crippen LogP) is 1.88. The van der Waals surface area contributed by atoms with Crippen LogP contribution in [0.3, 0.4) is 0 Å². The number of carboxylic acid groups (broad SMARTS) is 1. The molecule has 0 saturated heterocycles. The Morgan fingerprint density at radius 1 is 1.33 bits per heavy atom. The van der Waals surface area contributed by atoms with Crippen LogP contribution in [-0.2, 0) is 0 Å². The van der Waals surface area contributed by atoms with Crippen LogP contribution in [0.2, 0.25) is 0 Å². The Balaban J connectivity index is 2.37. The Hall–Kier alpha value is -3.23. The molecular weight excluding hydrogens is 282 g/mol. The van der Waals surface area contributed by atoms with Gasteiger partial charge in [0.05, 0.1) is 18.1 Å². The van der Waals surface area contributed by atoms with Crippen LogP contribution in [0.15, 0.2) is 30.5 Å². The molecule has 0 aliphatic heterocycles. The third-order valence-corrected chi connectivity index (χ3v) is 2.41. The lowest BCUT2D eigenvalue weighted by Gasteiger charge is -2.08. The third kappa shape index (κ3) is 3.21. The summed E-state index contributed by atoms with van der Waals surface area (Å²) in [6, 6.07) is 4.68. The second-order valence-electron chi connectivity index (χ2n) is 3.72. The van der Waals surface area contributed by atoms with Gasteiger partial charge in [0.2, 0.25) is 0 Å². The molecule has 0 bridgehead atoms. The van der Waals surface area contributed by atoms with E-state index in [-0.39, 0.29) is 28.9 Å². The van der Waals surface area contributed by atoms with E-state index in [0.29, 0.717) is 0 Å². The Labute approximate surface area is 117 Å². The molecule has 0 fully saturated rings. The summed E-state index contributed by atoms with van der Waals surface area (Å²) < 4.78 is 10.3. The molecule has 108 valence electrons. The van der Waals surface area contributed by atoms with E-state index in [2.05, 4.69) is 9.97 Å². The number of methoxy groups -OCH3 is 1. The fraction of sp³-hybridized carbons (Fsp3) is 0.0833. The summed E-state index contributed by atoms with van der Waals surface area (Å²) in [4.78, 5) is 28.4. The van der Waals surface area contributed by atoms with E-state index in [4.69, 9.17) is 14.6 Å². The van der Waals surface area contributed by atoms with Gasteiger partial charge in [-0.25, -0.2) is 9.78 Å². The number of nitro benzene ring substituents is 1. The van der Waals surface area contributed by atoms with Crippen LogP contribution in [-0.4, -0.2) is 33.1 Å². The first kappa shape index (κ1) is 14.2. The molecule has 0 unspecified atom stereocenters. The third-order valence-electron chi connectivity index (χ3n) is 2.41. The summed E-state index contributed by atoms with van der Waals surface area (Å²) in [6.07, 6.45) is 1.20. The van der Waals surface area contributed by atoms with Crippen molar-refractivity contribution in [3.8, 4) is 17.5 Å². The second-order valence-corrected chi connectivity index (χ2v) is 3.72. The molecule has 0 aliphatic rings. The van der Waals surface area contributed by atoms with Crippen molar-refractivity contribution in [3.63, 3.8) is 0 Å². The van der Waals surface area contributed by atoms with Gasteiger partial charge in [-0.2, -0.15) is 4.98 Å². The normalized spacial score (nSPS) is 9.95. The van der Waals surface area contributed by atoms with E-state index in [9.17, 15) is 14.9 Å². The lowest BCUT2D eigenvalue weighted by atomic mass is 10.3. The predicted molar refractivity (Wildman–Crippen MR) is 68.7 cm³/mol. The van der Waals surface area contributed by atoms with Crippen LogP contribution in [0, 0.1) is 10.1 Å². The Morgan fingerprint density at radius 3 is 2.71 bits per heavy atom. The van der Waals surface area contributed by atoms with E-state index in [0.717, 1.165) is 6.07 Å². The summed E-state index contributed by atoms with van der Waals surface area (Å²) >= 11 is 0. The Bertz CT molecular complexity index is 703. The zero-order valence-electron chi connectivity index (χ0n) is 10.7. The van der Waals surface area contributed by atoms with Gasteiger partial charge in [-0.15, -0.1) is 0 Å². The SMILES string of the molecule is COc1ccc([N+](=O)[O-])cc1Oc1nccc(C(=O)O)n1. The fourth-order valence-corrected chi connectivity index (χ4v) is 1.47. The fourth-order valence-electron chi connectivity index (χ4n) is 1.47. The Kier molecular flexibility index (Phi) is 3.93. The smallest absolute Gasteiger partial charge is 0.354 e. The second kappa shape index (κ2) is 5.82. The first-order valence-electron chi connectivity index (χ1n) is 5.58. The average Bonchev–Trinajstić information content (AvgIpc) is 2.47. The molecule has 1 aromatic carbocycles. The van der Waals surface area contributed by atoms with Crippen LogP contribution >= 0.6 is 0 Å². The van der Waals surface area contributed by atoms with Gasteiger partial charge in [0.15, 0.2) is 17.2 Å². The van der Waals surface area contributed by atoms with Gasteiger partial charge in [-0.3, -0.25) is 10.1 Å². The molecule has 0 radical (unpaired) electrons. The first-order valence-corrected chi connectivity index (χ1v) is 5.58. The Morgan fingerprint density at radius 2 is 2.10 bits per heavy atom. The summed E-state index contributed by atoms with van der Waals surface area (Å²) in [5, 5.41) is 19.6. The summed E-state index contributed by atoms with van der Waals surface area (Å²) in [6.45, 7) is 0. The van der Waals surface area contributed by atoms with E-state index in [1.54, 1.807) is 0 Å². The summed E-state index contributed by atoms with van der Waals surface area (Å²) in [7, 11) is 1.36. The topological polar surface area (TPSA) is 125 Å². The van der Waals surface area contributed by atoms with E-state index >= 15 is 0 Å². The van der Waals surface area contributed by atoms with Crippen molar-refractivity contribution in [1.29, 1.82) is 0 Å². The van der Waals surface area contributed by atoms with Crippen molar-refractivity contribution in [1.82, 2.24) is 9.97 Å². The number of carbonyl (C=O) groups is 1. The minimum atomic E-state index is -1.24. The largest absolute Gasteiger partial charge is 0.493 e. The molecule has 0 atom stereocenters. The highest BCUT2D eigenvalue weighted by Gasteiger charge is 2.15. The zero-order valence-corrected chi connectivity index (χ0v) is 10.7. The van der Waals surface area contributed by atoms with Crippen molar-refractivity contribution < 1.29 is 24.3 Å². The van der Waals surface area contributed by atoms with E-state index < -0.39 is 10.9 Å². The van der Waals surface area contributed by atoms with Crippen molar-refractivity contribution in [2.24, 2.45) is 0 Å². The van der Waals surface area contributed by atoms with Gasteiger partial charge in [-0.1, -0.05) is 0 Å². The molecule has 2 rings (SSSR count). The van der Waals surface area contributed by atoms with Gasteiger partial charge in [-0.05, 0) is 12.1 Å². The van der Waals surface area contributed by atoms with E-state index in [1.807, 2.05) is 0 Å². The number of hydrogen-bond donors (Lipinski definition) is 1. The van der Waals surface area contributed by atoms with Crippen LogP contribution in [0.25, 0.3) is 0 Å². The van der Waals surface area contributed by atoms with E-state index in [1.165, 1.54) is 31.5 Å². The van der Waals surface area contributed by atoms with Gasteiger partial charge in [0, 0.05) is 12.3 Å². The van der Waals surface area contributed by atoms with Crippen LogP contribution < -0.4 is 9.47 Å². The highest BCUT2D eigenvalue weighted by Crippen LogP contribution is 2.33. The number of carboxylic acids is 1. The molecule has 1 aromatic heterocycles. The standard InChI is InChI=1S/C12H9N3O6/c1-20-9-3-2-7(15(18)19)6-10(9)21-12-13-5-4-8(14-12)11(16)17/h2-6H,1H3,(H,16,17). The molecule has 0 aliphatic carbocycles. The van der Waals surface area contributed by atoms with Crippen molar-refractivity contribution in [2.45, 2.75) is 0 Å². The van der Waals surface area contributed by atoms with Crippen molar-refractivity contribution >= 4 is 11.7 Å². The van der Waals surface area contributed by atoms with Crippen LogP contribution in [0.5, 0.6) is 17.5 Å². The number of ether oxygens (including phenoxy) is 2. The van der Waals surface area contributed by atoms with Crippen LogP contribution in [0.1, 0.15) is 10.5 Å². The van der Waals surface area contributed by atoms with Gasteiger partial charge in [0.1, 0.15) is 0 Å². The van der Waals surface area contributed by atoms with Crippen LogP contribution in [0.4, 0.5) is 5.69 Å². The number of hydrogen-bond acceptors (Lipinski definition) is 7. The number of rotatable bonds is 5. The highest BCUT2D eigenvalue weighted by molar-refractivity contribution is 5.85. The number of nitro groups is 1. The minimum absolute atomic E-state index is 0.00855. The van der Waals surface area contributed by atoms with Gasteiger partial charge < -0.3 is 14.6 Å². The van der Waals surface area contributed by atoms with Crippen molar-refractivity contribution in [3.05, 3.63) is 46.3 Å². The quantitative estimate of drug-likeness (QED) is 0.653. The highest BCUT2D eigenvalue weighted by atomic mass is 16.6. The number of aromatic carboxylic acids is 1. The number of non-ortho nitro benzene ring substituents is 1. The lowest BCUT2D eigenvalue weighted by Crippen LogP contribution is -2.03. The number of aromatic nitrogens is 2. The molecule has 2 aromatic rings. The lowest BCUT2D eigenvalue weighted by molar-refractivity contribution is -0.384. The first-order chi connectivity index (χ1) is 10.0. The van der Waals surface area contributed by atoms with Gasteiger partial charge in [0.25, 0.3) is 5.69 Å². The average molecular weight is 291 g/mol. The molecule has 21 heavy (non-hydrogen) atoms. The molecule has 9 nitrogen and oxygen atoms in total. The molecule has 0 saturated carbocycles. The molecule has 0 amide bonds. The molecule has 9 heteroatoms. The maximum atomic E-state index is 10.8. The molecular formula is C12H9N3O6. The van der Waals surface area contributed by atoms with Gasteiger partial charge >= 0.3 is 12.0 Å². The molecule has 1 heterocycles. The maximum Gasteiger partial charge on any atom is 0.354 e. The zero-order chi connectivity index (χ0) is 15.4. The summed E-state index contributed by atoms with van der Waals surface area (Å²) in [5.41, 5.74) is -0.468. The monoisotopic (exact) mass is 291 g/mol. The maximum absolute atomic E-state index is 10.8. The summed E-state index contributed by atoms with van der Waals surface area (Å²) in [5.74, 6) is -1.01. The number of benzene rings is 1. The molecule has 0 spiro atoms. The number of nitrogens with zero attached hydrogens (tertiary/aromatic N) is 3. The van der Waals surface area contributed by atoms with Crippen molar-refractivity contribution in [2.75, 3.05) is 7.11 Å². The molecule has 1 N–H and O–H groups in total. The minimum Gasteiger partial charge on any atom is -0.493 e.